The molecule has 4 N–H and O–H groups in total. The minimum atomic E-state index is -1.13. The first-order valence-electron chi connectivity index (χ1n) is 7.41. The van der Waals surface area contributed by atoms with Gasteiger partial charge in [0.2, 0.25) is 0 Å². The van der Waals surface area contributed by atoms with Crippen LogP contribution in [0.15, 0.2) is 60.9 Å². The number of hydrogen-bond acceptors (Lipinski definition) is 3. The fraction of sp³-hybridized carbons (Fsp3) is 0.167. The lowest BCUT2D eigenvalue weighted by Crippen LogP contribution is -2.30. The van der Waals surface area contributed by atoms with Gasteiger partial charge in [0.25, 0.3) is 0 Å². The van der Waals surface area contributed by atoms with E-state index in [0.29, 0.717) is 18.0 Å². The van der Waals surface area contributed by atoms with E-state index in [1.165, 1.54) is 0 Å². The summed E-state index contributed by atoms with van der Waals surface area (Å²) in [5.41, 5.74) is 8.22. The Kier molecular flexibility index (Phi) is 4.48. The molecular weight excluding hydrogens is 310 g/mol. The lowest BCUT2D eigenvalue weighted by molar-refractivity contribution is 0.0737. The summed E-state index contributed by atoms with van der Waals surface area (Å²) in [6.45, 7) is 0.378. The summed E-state index contributed by atoms with van der Waals surface area (Å²) in [5.74, 6) is 0. The Bertz CT molecular complexity index is 754. The number of hydrogen-bond donors (Lipinski definition) is 3. The first kappa shape index (κ1) is 15.7. The molecule has 118 valence electrons. The Morgan fingerprint density at radius 1 is 1.00 bits per heavy atom. The summed E-state index contributed by atoms with van der Waals surface area (Å²) in [6.07, 6.45) is 4.03. The van der Waals surface area contributed by atoms with Crippen molar-refractivity contribution in [2.45, 2.75) is 12.0 Å². The molecule has 3 rings (SSSR count). The van der Waals surface area contributed by atoms with Crippen LogP contribution in [0.3, 0.4) is 0 Å². The van der Waals surface area contributed by atoms with Crippen LogP contribution >= 0.6 is 11.6 Å². The van der Waals surface area contributed by atoms with Crippen LogP contribution in [0.4, 0.5) is 0 Å². The molecule has 4 nitrogen and oxygen atoms in total. The number of H-pyrrole nitrogens is 1. The van der Waals surface area contributed by atoms with Crippen LogP contribution in [0, 0.1) is 0 Å². The van der Waals surface area contributed by atoms with E-state index in [2.05, 4.69) is 10.2 Å². The third-order valence-corrected chi connectivity index (χ3v) is 4.27. The summed E-state index contributed by atoms with van der Waals surface area (Å²) in [4.78, 5) is 0. The average molecular weight is 328 g/mol. The van der Waals surface area contributed by atoms with E-state index in [-0.39, 0.29) is 0 Å². The first-order chi connectivity index (χ1) is 11.1. The van der Waals surface area contributed by atoms with E-state index in [1.54, 1.807) is 18.3 Å². The molecule has 23 heavy (non-hydrogen) atoms. The Morgan fingerprint density at radius 2 is 1.61 bits per heavy atom. The van der Waals surface area contributed by atoms with Crippen molar-refractivity contribution >= 4 is 11.6 Å². The summed E-state index contributed by atoms with van der Waals surface area (Å²) in [6, 6.07) is 15.0. The molecule has 1 heterocycles. The Balaban J connectivity index is 1.99. The second kappa shape index (κ2) is 6.54. The van der Waals surface area contributed by atoms with Crippen molar-refractivity contribution in [3.8, 4) is 11.1 Å². The SMILES string of the molecule is NCCC(O)(c1ccc(Cl)cc1)c1ccc(-c2cn[nH]c2)cc1. The minimum absolute atomic E-state index is 0.378. The first-order valence-corrected chi connectivity index (χ1v) is 7.79. The highest BCUT2D eigenvalue weighted by molar-refractivity contribution is 6.30. The molecular formula is C18H18ClN3O. The highest BCUT2D eigenvalue weighted by Crippen LogP contribution is 2.34. The van der Waals surface area contributed by atoms with Crippen LogP contribution in [-0.4, -0.2) is 21.8 Å². The minimum Gasteiger partial charge on any atom is -0.380 e. The van der Waals surface area contributed by atoms with E-state index in [0.717, 1.165) is 22.3 Å². The van der Waals surface area contributed by atoms with Crippen molar-refractivity contribution in [2.75, 3.05) is 6.54 Å². The molecule has 1 atom stereocenters. The van der Waals surface area contributed by atoms with Gasteiger partial charge in [-0.3, -0.25) is 5.10 Å². The zero-order valence-corrected chi connectivity index (χ0v) is 13.3. The average Bonchev–Trinajstić information content (AvgIpc) is 3.10. The van der Waals surface area contributed by atoms with E-state index in [1.807, 2.05) is 42.6 Å². The van der Waals surface area contributed by atoms with E-state index in [9.17, 15) is 5.11 Å². The molecule has 3 aromatic rings. The predicted octanol–water partition coefficient (Wildman–Crippen LogP) is 3.31. The van der Waals surface area contributed by atoms with Crippen LogP contribution in [-0.2, 0) is 5.60 Å². The molecule has 0 aliphatic carbocycles. The van der Waals surface area contributed by atoms with Gasteiger partial charge in [-0.1, -0.05) is 48.0 Å². The second-order valence-corrected chi connectivity index (χ2v) is 5.91. The van der Waals surface area contributed by atoms with Crippen LogP contribution in [0.25, 0.3) is 11.1 Å². The summed E-state index contributed by atoms with van der Waals surface area (Å²) < 4.78 is 0. The summed E-state index contributed by atoms with van der Waals surface area (Å²) in [5, 5.41) is 18.6. The number of aromatic nitrogens is 2. The standard InChI is InChI=1S/C18H18ClN3O/c19-17-7-5-16(6-8-17)18(23,9-10-20)15-3-1-13(2-4-15)14-11-21-22-12-14/h1-8,11-12,23H,9-10,20H2,(H,21,22). The van der Waals surface area contributed by atoms with E-state index >= 15 is 0 Å². The number of rotatable bonds is 5. The molecule has 5 heteroatoms. The van der Waals surface area contributed by atoms with Gasteiger partial charge >= 0.3 is 0 Å². The predicted molar refractivity (Wildman–Crippen MR) is 92.1 cm³/mol. The molecule has 0 amide bonds. The lowest BCUT2D eigenvalue weighted by atomic mass is 9.83. The van der Waals surface area contributed by atoms with Crippen molar-refractivity contribution in [1.82, 2.24) is 10.2 Å². The highest BCUT2D eigenvalue weighted by atomic mass is 35.5. The number of nitrogens with one attached hydrogen (secondary N) is 1. The molecule has 2 aromatic carbocycles. The molecule has 0 saturated carbocycles. The van der Waals surface area contributed by atoms with E-state index < -0.39 is 5.60 Å². The third kappa shape index (κ3) is 3.15. The van der Waals surface area contributed by atoms with Gasteiger partial charge in [0, 0.05) is 16.8 Å². The van der Waals surface area contributed by atoms with Crippen LogP contribution in [0.5, 0.6) is 0 Å². The van der Waals surface area contributed by atoms with Crippen LogP contribution < -0.4 is 5.73 Å². The Hall–Kier alpha value is -2.14. The second-order valence-electron chi connectivity index (χ2n) is 5.47. The molecule has 1 aromatic heterocycles. The highest BCUT2D eigenvalue weighted by Gasteiger charge is 2.30. The van der Waals surface area contributed by atoms with Gasteiger partial charge in [0.05, 0.1) is 6.20 Å². The Morgan fingerprint density at radius 3 is 2.13 bits per heavy atom. The zero-order valence-electron chi connectivity index (χ0n) is 12.5. The number of nitrogens with zero attached hydrogens (tertiary/aromatic N) is 1. The maximum atomic E-state index is 11.2. The van der Waals surface area contributed by atoms with Gasteiger partial charge in [0.15, 0.2) is 0 Å². The number of aromatic amines is 1. The largest absolute Gasteiger partial charge is 0.380 e. The molecule has 0 saturated heterocycles. The third-order valence-electron chi connectivity index (χ3n) is 4.02. The molecule has 0 spiro atoms. The van der Waals surface area contributed by atoms with Gasteiger partial charge in [-0.2, -0.15) is 5.10 Å². The summed E-state index contributed by atoms with van der Waals surface area (Å²) in [7, 11) is 0. The molecule has 0 aliphatic heterocycles. The number of nitrogens with two attached hydrogens (primary N) is 1. The van der Waals surface area contributed by atoms with Gasteiger partial charge in [0.1, 0.15) is 5.60 Å². The van der Waals surface area contributed by atoms with Crippen molar-refractivity contribution in [3.05, 3.63) is 77.1 Å². The smallest absolute Gasteiger partial charge is 0.116 e. The normalized spacial score (nSPS) is 13.7. The Labute approximate surface area is 139 Å². The van der Waals surface area contributed by atoms with Crippen molar-refractivity contribution in [2.24, 2.45) is 5.73 Å². The van der Waals surface area contributed by atoms with Crippen molar-refractivity contribution < 1.29 is 5.11 Å². The summed E-state index contributed by atoms with van der Waals surface area (Å²) >= 11 is 5.95. The zero-order chi connectivity index (χ0) is 16.3. The van der Waals surface area contributed by atoms with Gasteiger partial charge in [-0.05, 0) is 41.8 Å². The molecule has 0 radical (unpaired) electrons. The monoisotopic (exact) mass is 327 g/mol. The van der Waals surface area contributed by atoms with Gasteiger partial charge in [-0.15, -0.1) is 0 Å². The lowest BCUT2D eigenvalue weighted by Gasteiger charge is -2.29. The number of aliphatic hydroxyl groups is 1. The van der Waals surface area contributed by atoms with E-state index in [4.69, 9.17) is 17.3 Å². The van der Waals surface area contributed by atoms with Crippen molar-refractivity contribution in [3.63, 3.8) is 0 Å². The van der Waals surface area contributed by atoms with Crippen LogP contribution in [0.2, 0.25) is 5.02 Å². The molecule has 1 unspecified atom stereocenters. The number of halogens is 1. The molecule has 0 fully saturated rings. The quantitative estimate of drug-likeness (QED) is 0.673. The molecule has 0 aliphatic rings. The fourth-order valence-corrected chi connectivity index (χ4v) is 2.86. The van der Waals surface area contributed by atoms with Gasteiger partial charge in [-0.25, -0.2) is 0 Å². The maximum Gasteiger partial charge on any atom is 0.116 e. The van der Waals surface area contributed by atoms with Crippen molar-refractivity contribution in [1.29, 1.82) is 0 Å². The van der Waals surface area contributed by atoms with Gasteiger partial charge < -0.3 is 10.8 Å². The maximum absolute atomic E-state index is 11.2. The molecule has 0 bridgehead atoms. The fourth-order valence-electron chi connectivity index (χ4n) is 2.74. The topological polar surface area (TPSA) is 74.9 Å². The number of benzene rings is 2. The van der Waals surface area contributed by atoms with Crippen LogP contribution in [0.1, 0.15) is 17.5 Å².